The minimum Gasteiger partial charge on any atom is -0.465 e. The van der Waals surface area contributed by atoms with Crippen molar-refractivity contribution in [1.82, 2.24) is 16.2 Å². The molecule has 3 N–H and O–H groups in total. The number of carbonyl (C=O) groups is 3. The molecule has 0 unspecified atom stereocenters. The number of non-ortho nitro benzene ring substituents is 1. The Morgan fingerprint density at radius 3 is 2.21 bits per heavy atom. The Bertz CT molecular complexity index is 945. The summed E-state index contributed by atoms with van der Waals surface area (Å²) in [7, 11) is 1.25. The van der Waals surface area contributed by atoms with Crippen molar-refractivity contribution in [2.45, 2.75) is 0 Å². The Morgan fingerprint density at radius 2 is 1.61 bits per heavy atom. The molecular weight excluding hydrogens is 388 g/mol. The SMILES string of the molecule is COC(=O)c1ccc(C(=O)NC(=S)NNC(=O)c2cccc([N+](=O)[O-])c2)cc1. The molecule has 0 atom stereocenters. The van der Waals surface area contributed by atoms with Crippen LogP contribution >= 0.6 is 12.2 Å². The third kappa shape index (κ3) is 5.32. The number of thiocarbonyl (C=S) groups is 1. The van der Waals surface area contributed by atoms with Crippen LogP contribution in [0.2, 0.25) is 0 Å². The zero-order valence-electron chi connectivity index (χ0n) is 14.4. The van der Waals surface area contributed by atoms with E-state index in [9.17, 15) is 24.5 Å². The van der Waals surface area contributed by atoms with Gasteiger partial charge in [0.1, 0.15) is 0 Å². The first kappa shape index (κ1) is 20.5. The molecule has 0 aliphatic carbocycles. The number of hydrazine groups is 1. The standard InChI is InChI=1S/C17H14N4O6S/c1-27-16(24)11-7-5-10(6-8-11)14(22)18-17(28)20-19-15(23)12-3-2-4-13(9-12)21(25)26/h2-9H,1H3,(H,19,23)(H2,18,20,22,28). The summed E-state index contributed by atoms with van der Waals surface area (Å²) in [6, 6.07) is 10.8. The molecule has 144 valence electrons. The predicted molar refractivity (Wildman–Crippen MR) is 102 cm³/mol. The van der Waals surface area contributed by atoms with Crippen molar-refractivity contribution in [2.24, 2.45) is 0 Å². The number of nitro groups is 1. The van der Waals surface area contributed by atoms with E-state index in [1.54, 1.807) is 0 Å². The second-order valence-electron chi connectivity index (χ2n) is 5.24. The van der Waals surface area contributed by atoms with Crippen LogP contribution in [0.25, 0.3) is 0 Å². The molecule has 0 spiro atoms. The quantitative estimate of drug-likeness (QED) is 0.301. The number of nitro benzene ring substituents is 1. The lowest BCUT2D eigenvalue weighted by Crippen LogP contribution is -2.48. The zero-order chi connectivity index (χ0) is 20.7. The van der Waals surface area contributed by atoms with E-state index in [0.29, 0.717) is 0 Å². The van der Waals surface area contributed by atoms with Crippen LogP contribution in [0.1, 0.15) is 31.1 Å². The van der Waals surface area contributed by atoms with Gasteiger partial charge in [-0.1, -0.05) is 6.07 Å². The van der Waals surface area contributed by atoms with Gasteiger partial charge in [0.25, 0.3) is 17.5 Å². The molecule has 0 radical (unpaired) electrons. The lowest BCUT2D eigenvalue weighted by atomic mass is 10.1. The average Bonchev–Trinajstić information content (AvgIpc) is 2.71. The number of ether oxygens (including phenoxy) is 1. The van der Waals surface area contributed by atoms with E-state index >= 15 is 0 Å². The number of hydrogen-bond donors (Lipinski definition) is 3. The number of nitrogens with one attached hydrogen (secondary N) is 3. The van der Waals surface area contributed by atoms with Crippen molar-refractivity contribution in [3.63, 3.8) is 0 Å². The largest absolute Gasteiger partial charge is 0.465 e. The number of rotatable bonds is 4. The smallest absolute Gasteiger partial charge is 0.337 e. The summed E-state index contributed by atoms with van der Waals surface area (Å²) in [5.74, 6) is -1.78. The number of esters is 1. The highest BCUT2D eigenvalue weighted by molar-refractivity contribution is 7.80. The van der Waals surface area contributed by atoms with Gasteiger partial charge in [0, 0.05) is 23.3 Å². The fraction of sp³-hybridized carbons (Fsp3) is 0.0588. The number of benzene rings is 2. The molecule has 11 heteroatoms. The van der Waals surface area contributed by atoms with Gasteiger partial charge in [0.2, 0.25) is 0 Å². The van der Waals surface area contributed by atoms with Crippen molar-refractivity contribution < 1.29 is 24.0 Å². The molecule has 0 fully saturated rings. The van der Waals surface area contributed by atoms with Gasteiger partial charge >= 0.3 is 5.97 Å². The zero-order valence-corrected chi connectivity index (χ0v) is 15.2. The number of hydrogen-bond acceptors (Lipinski definition) is 7. The summed E-state index contributed by atoms with van der Waals surface area (Å²) >= 11 is 4.91. The number of carbonyl (C=O) groups excluding carboxylic acids is 3. The van der Waals surface area contributed by atoms with Gasteiger partial charge < -0.3 is 4.74 Å². The molecule has 2 aromatic rings. The molecule has 2 rings (SSSR count). The van der Waals surface area contributed by atoms with Gasteiger partial charge in [0.05, 0.1) is 17.6 Å². The molecule has 0 aromatic heterocycles. The number of amides is 2. The molecule has 0 saturated heterocycles. The van der Waals surface area contributed by atoms with Crippen molar-refractivity contribution in [1.29, 1.82) is 0 Å². The van der Waals surface area contributed by atoms with Gasteiger partial charge in [-0.05, 0) is 42.5 Å². The van der Waals surface area contributed by atoms with Crippen LogP contribution < -0.4 is 16.2 Å². The summed E-state index contributed by atoms with van der Waals surface area (Å²) < 4.78 is 4.56. The summed E-state index contributed by atoms with van der Waals surface area (Å²) in [6.07, 6.45) is 0. The van der Waals surface area contributed by atoms with Gasteiger partial charge in [0.15, 0.2) is 5.11 Å². The van der Waals surface area contributed by atoms with E-state index in [0.717, 1.165) is 6.07 Å². The lowest BCUT2D eigenvalue weighted by Gasteiger charge is -2.11. The van der Waals surface area contributed by atoms with E-state index in [-0.39, 0.29) is 27.5 Å². The first-order valence-corrected chi connectivity index (χ1v) is 8.07. The fourth-order valence-corrected chi connectivity index (χ4v) is 2.17. The van der Waals surface area contributed by atoms with Crippen LogP contribution in [0.15, 0.2) is 48.5 Å². The topological polar surface area (TPSA) is 140 Å². The molecular formula is C17H14N4O6S. The van der Waals surface area contributed by atoms with E-state index in [1.807, 2.05) is 0 Å². The third-order valence-electron chi connectivity index (χ3n) is 3.40. The van der Waals surface area contributed by atoms with Gasteiger partial charge in [-0.3, -0.25) is 35.9 Å². The van der Waals surface area contributed by atoms with Crippen LogP contribution in [-0.2, 0) is 4.74 Å². The van der Waals surface area contributed by atoms with E-state index in [1.165, 1.54) is 49.6 Å². The molecule has 2 amide bonds. The highest BCUT2D eigenvalue weighted by Crippen LogP contribution is 2.12. The third-order valence-corrected chi connectivity index (χ3v) is 3.61. The molecule has 0 bridgehead atoms. The van der Waals surface area contributed by atoms with Gasteiger partial charge in [-0.2, -0.15) is 0 Å². The first-order chi connectivity index (χ1) is 13.3. The molecule has 0 heterocycles. The van der Waals surface area contributed by atoms with E-state index in [2.05, 4.69) is 20.9 Å². The van der Waals surface area contributed by atoms with E-state index in [4.69, 9.17) is 12.2 Å². The monoisotopic (exact) mass is 402 g/mol. The second kappa shape index (κ2) is 9.19. The minimum absolute atomic E-state index is 0.0363. The van der Waals surface area contributed by atoms with Crippen LogP contribution in [0, 0.1) is 10.1 Å². The Balaban J connectivity index is 1.90. The van der Waals surface area contributed by atoms with Crippen LogP contribution in [-0.4, -0.2) is 34.9 Å². The highest BCUT2D eigenvalue weighted by Gasteiger charge is 2.13. The van der Waals surface area contributed by atoms with Crippen molar-refractivity contribution in [3.8, 4) is 0 Å². The molecule has 0 aliphatic heterocycles. The van der Waals surface area contributed by atoms with Crippen molar-refractivity contribution in [3.05, 3.63) is 75.3 Å². The highest BCUT2D eigenvalue weighted by atomic mass is 32.1. The number of methoxy groups -OCH3 is 1. The Morgan fingerprint density at radius 1 is 0.964 bits per heavy atom. The maximum atomic E-state index is 12.1. The first-order valence-electron chi connectivity index (χ1n) is 7.66. The summed E-state index contributed by atoms with van der Waals surface area (Å²) in [5, 5.41) is 12.9. The Kier molecular flexibility index (Phi) is 6.71. The maximum Gasteiger partial charge on any atom is 0.337 e. The van der Waals surface area contributed by atoms with Crippen molar-refractivity contribution in [2.75, 3.05) is 7.11 Å². The maximum absolute atomic E-state index is 12.1. The Labute approximate surface area is 164 Å². The van der Waals surface area contributed by atoms with E-state index < -0.39 is 22.7 Å². The van der Waals surface area contributed by atoms with Crippen LogP contribution in [0.4, 0.5) is 5.69 Å². The molecule has 28 heavy (non-hydrogen) atoms. The van der Waals surface area contributed by atoms with Crippen molar-refractivity contribution >= 4 is 40.8 Å². The second-order valence-corrected chi connectivity index (χ2v) is 5.65. The summed E-state index contributed by atoms with van der Waals surface area (Å²) in [6.45, 7) is 0. The van der Waals surface area contributed by atoms with Crippen LogP contribution in [0.3, 0.4) is 0 Å². The lowest BCUT2D eigenvalue weighted by molar-refractivity contribution is -0.384. The van der Waals surface area contributed by atoms with Crippen LogP contribution in [0.5, 0.6) is 0 Å². The van der Waals surface area contributed by atoms with Gasteiger partial charge in [-0.25, -0.2) is 4.79 Å². The minimum atomic E-state index is -0.678. The Hall–Kier alpha value is -3.86. The normalized spacial score (nSPS) is 9.75. The molecule has 0 saturated carbocycles. The molecule has 0 aliphatic rings. The molecule has 10 nitrogen and oxygen atoms in total. The van der Waals surface area contributed by atoms with Gasteiger partial charge in [-0.15, -0.1) is 0 Å². The fourth-order valence-electron chi connectivity index (χ4n) is 2.03. The summed E-state index contributed by atoms with van der Waals surface area (Å²) in [4.78, 5) is 45.6. The average molecular weight is 402 g/mol. The predicted octanol–water partition coefficient (Wildman–Crippen LogP) is 1.33. The number of nitrogens with zero attached hydrogens (tertiary/aromatic N) is 1. The molecule has 2 aromatic carbocycles. The summed E-state index contributed by atoms with van der Waals surface area (Å²) in [5.41, 5.74) is 4.85.